The predicted octanol–water partition coefficient (Wildman–Crippen LogP) is 4.97. The Morgan fingerprint density at radius 2 is 1.96 bits per heavy atom. The van der Waals surface area contributed by atoms with Crippen molar-refractivity contribution in [3.8, 4) is 11.8 Å². The van der Waals surface area contributed by atoms with Crippen LogP contribution in [0.3, 0.4) is 0 Å². The monoisotopic (exact) mass is 360 g/mol. The van der Waals surface area contributed by atoms with Crippen LogP contribution in [0.5, 0.6) is 0 Å². The summed E-state index contributed by atoms with van der Waals surface area (Å²) in [6, 6.07) is 16.4. The van der Waals surface area contributed by atoms with E-state index in [1.807, 2.05) is 37.3 Å². The lowest BCUT2D eigenvalue weighted by molar-refractivity contribution is -0.124. The normalized spacial score (nSPS) is 12.7. The molecule has 0 fully saturated rings. The van der Waals surface area contributed by atoms with Gasteiger partial charge in [0.15, 0.2) is 0 Å². The average Bonchev–Trinajstić information content (AvgIpc) is 2.67. The molecule has 3 aromatic rings. The third kappa shape index (κ3) is 4.32. The number of rotatable bonds is 5. The van der Waals surface area contributed by atoms with E-state index in [0.717, 1.165) is 5.56 Å². The Morgan fingerprint density at radius 3 is 2.70 bits per heavy atom. The number of nitrogens with zero attached hydrogens (tertiary/aromatic N) is 1. The molecule has 0 saturated carbocycles. The molecule has 3 rings (SSSR count). The molecule has 1 amide bonds. The van der Waals surface area contributed by atoms with Crippen LogP contribution in [0.4, 0.5) is 10.1 Å². The van der Waals surface area contributed by atoms with E-state index in [2.05, 4.69) is 22.1 Å². The molecule has 0 radical (unpaired) electrons. The summed E-state index contributed by atoms with van der Waals surface area (Å²) in [6.45, 7) is 3.68. The lowest BCUT2D eigenvalue weighted by Crippen LogP contribution is -2.35. The molecular weight excluding hydrogens is 339 g/mol. The summed E-state index contributed by atoms with van der Waals surface area (Å²) in [6.07, 6.45) is 2.50. The van der Waals surface area contributed by atoms with Gasteiger partial charge in [-0.3, -0.25) is 9.78 Å². The maximum Gasteiger partial charge on any atom is 0.231 e. The molecule has 136 valence electrons. The smallest absolute Gasteiger partial charge is 0.231 e. The van der Waals surface area contributed by atoms with Gasteiger partial charge in [-0.1, -0.05) is 42.5 Å². The van der Waals surface area contributed by atoms with E-state index < -0.39 is 5.41 Å². The number of carbonyl (C=O) groups is 1. The molecule has 0 bridgehead atoms. The van der Waals surface area contributed by atoms with E-state index >= 15 is 0 Å². The van der Waals surface area contributed by atoms with E-state index in [0.29, 0.717) is 29.4 Å². The average molecular weight is 360 g/mol. The van der Waals surface area contributed by atoms with Gasteiger partial charge in [-0.2, -0.15) is 0 Å². The quantitative estimate of drug-likeness (QED) is 0.653. The Morgan fingerprint density at radius 1 is 1.19 bits per heavy atom. The van der Waals surface area contributed by atoms with Gasteiger partial charge in [0, 0.05) is 11.8 Å². The number of halogens is 1. The molecule has 1 unspecified atom stereocenters. The molecule has 2 aromatic carbocycles. The molecule has 0 saturated heterocycles. The summed E-state index contributed by atoms with van der Waals surface area (Å²) in [4.78, 5) is 17.2. The van der Waals surface area contributed by atoms with Gasteiger partial charge < -0.3 is 5.32 Å². The summed E-state index contributed by atoms with van der Waals surface area (Å²) in [5, 5.41) is 3.58. The summed E-state index contributed by atoms with van der Waals surface area (Å²) >= 11 is 0. The maximum absolute atomic E-state index is 13.8. The van der Waals surface area contributed by atoms with Crippen LogP contribution < -0.4 is 5.32 Å². The van der Waals surface area contributed by atoms with Gasteiger partial charge in [0.25, 0.3) is 0 Å². The lowest BCUT2D eigenvalue weighted by Gasteiger charge is -2.26. The molecule has 1 aromatic heterocycles. The van der Waals surface area contributed by atoms with E-state index in [1.165, 1.54) is 12.3 Å². The van der Waals surface area contributed by atoms with Crippen molar-refractivity contribution in [3.05, 3.63) is 72.2 Å². The van der Waals surface area contributed by atoms with Crippen molar-refractivity contribution < 1.29 is 9.18 Å². The zero-order valence-corrected chi connectivity index (χ0v) is 15.4. The van der Waals surface area contributed by atoms with E-state index in [4.69, 9.17) is 0 Å². The Hall–Kier alpha value is -3.19. The highest BCUT2D eigenvalue weighted by Crippen LogP contribution is 2.29. The first kappa shape index (κ1) is 18.6. The minimum absolute atomic E-state index is 0.133. The zero-order valence-electron chi connectivity index (χ0n) is 15.4. The van der Waals surface area contributed by atoms with Gasteiger partial charge in [0.1, 0.15) is 11.3 Å². The maximum atomic E-state index is 13.8. The Kier molecular flexibility index (Phi) is 5.52. The van der Waals surface area contributed by atoms with Crippen LogP contribution in [0.25, 0.3) is 10.9 Å². The highest BCUT2D eigenvalue weighted by molar-refractivity contribution is 5.97. The SMILES string of the molecule is CC#CCC(C)(Cc1ccccc1)C(=O)Nc1cnc2c(F)cccc2c1. The molecule has 1 heterocycles. The van der Waals surface area contributed by atoms with Gasteiger partial charge in [0.2, 0.25) is 5.91 Å². The fourth-order valence-electron chi connectivity index (χ4n) is 3.03. The second kappa shape index (κ2) is 8.01. The van der Waals surface area contributed by atoms with Gasteiger partial charge in [0.05, 0.1) is 17.3 Å². The third-order valence-electron chi connectivity index (χ3n) is 4.56. The first-order valence-corrected chi connectivity index (χ1v) is 8.81. The molecule has 27 heavy (non-hydrogen) atoms. The predicted molar refractivity (Wildman–Crippen MR) is 107 cm³/mol. The van der Waals surface area contributed by atoms with Crippen molar-refractivity contribution in [2.24, 2.45) is 5.41 Å². The number of pyridine rings is 1. The summed E-state index contributed by atoms with van der Waals surface area (Å²) in [5.74, 6) is 5.40. The van der Waals surface area contributed by atoms with Crippen LogP contribution in [0.2, 0.25) is 0 Å². The van der Waals surface area contributed by atoms with Gasteiger partial charge in [-0.25, -0.2) is 4.39 Å². The third-order valence-corrected chi connectivity index (χ3v) is 4.56. The zero-order chi connectivity index (χ0) is 19.3. The minimum Gasteiger partial charge on any atom is -0.324 e. The number of anilines is 1. The van der Waals surface area contributed by atoms with Crippen LogP contribution >= 0.6 is 0 Å². The molecule has 0 aliphatic heterocycles. The molecular formula is C23H21FN2O. The highest BCUT2D eigenvalue weighted by atomic mass is 19.1. The van der Waals surface area contributed by atoms with Crippen molar-refractivity contribution >= 4 is 22.5 Å². The van der Waals surface area contributed by atoms with Gasteiger partial charge in [-0.15, -0.1) is 11.8 Å². The van der Waals surface area contributed by atoms with E-state index in [-0.39, 0.29) is 11.7 Å². The second-order valence-electron chi connectivity index (χ2n) is 6.82. The molecule has 1 N–H and O–H groups in total. The number of fused-ring (bicyclic) bond motifs is 1. The van der Waals surface area contributed by atoms with Crippen LogP contribution in [-0.2, 0) is 11.2 Å². The number of aromatic nitrogens is 1. The number of hydrogen-bond donors (Lipinski definition) is 1. The summed E-state index contributed by atoms with van der Waals surface area (Å²) in [5.41, 5.74) is 1.22. The number of nitrogens with one attached hydrogen (secondary N) is 1. The molecule has 0 aliphatic carbocycles. The first-order chi connectivity index (χ1) is 13.0. The number of amides is 1. The van der Waals surface area contributed by atoms with Crippen molar-refractivity contribution in [3.63, 3.8) is 0 Å². The van der Waals surface area contributed by atoms with Gasteiger partial charge >= 0.3 is 0 Å². The number of para-hydroxylation sites is 1. The first-order valence-electron chi connectivity index (χ1n) is 8.81. The van der Waals surface area contributed by atoms with Crippen molar-refractivity contribution in [1.29, 1.82) is 0 Å². The van der Waals surface area contributed by atoms with Crippen LogP contribution in [0, 0.1) is 23.1 Å². The number of carbonyl (C=O) groups excluding carboxylic acids is 1. The summed E-state index contributed by atoms with van der Waals surface area (Å²) in [7, 11) is 0. The van der Waals surface area contributed by atoms with Crippen LogP contribution in [0.15, 0.2) is 60.8 Å². The standard InChI is InChI=1S/C23H21FN2O/c1-3-4-13-23(2,15-17-9-6-5-7-10-17)22(27)26-19-14-18-11-8-12-20(24)21(18)25-16-19/h5-12,14,16H,13,15H2,1-2H3,(H,26,27). The Bertz CT molecular complexity index is 1020. The minimum atomic E-state index is -0.693. The number of benzene rings is 2. The molecule has 1 atom stereocenters. The van der Waals surface area contributed by atoms with E-state index in [1.54, 1.807) is 25.1 Å². The topological polar surface area (TPSA) is 42.0 Å². The van der Waals surface area contributed by atoms with Crippen molar-refractivity contribution in [1.82, 2.24) is 4.98 Å². The van der Waals surface area contributed by atoms with Crippen molar-refractivity contribution in [2.45, 2.75) is 26.7 Å². The van der Waals surface area contributed by atoms with Crippen LogP contribution in [0.1, 0.15) is 25.8 Å². The molecule has 0 spiro atoms. The Labute approximate surface area is 158 Å². The Balaban J connectivity index is 1.86. The fraction of sp³-hybridized carbons (Fsp3) is 0.217. The van der Waals surface area contributed by atoms with Crippen LogP contribution in [-0.4, -0.2) is 10.9 Å². The molecule has 3 nitrogen and oxygen atoms in total. The molecule has 0 aliphatic rings. The fourth-order valence-corrected chi connectivity index (χ4v) is 3.03. The van der Waals surface area contributed by atoms with Crippen molar-refractivity contribution in [2.75, 3.05) is 5.32 Å². The largest absolute Gasteiger partial charge is 0.324 e. The number of hydrogen-bond acceptors (Lipinski definition) is 2. The van der Waals surface area contributed by atoms with Gasteiger partial charge in [-0.05, 0) is 38.0 Å². The molecule has 4 heteroatoms. The second-order valence-corrected chi connectivity index (χ2v) is 6.82. The lowest BCUT2D eigenvalue weighted by atomic mass is 9.79. The highest BCUT2D eigenvalue weighted by Gasteiger charge is 2.33. The van der Waals surface area contributed by atoms with E-state index in [9.17, 15) is 9.18 Å². The summed E-state index contributed by atoms with van der Waals surface area (Å²) < 4.78 is 13.8.